The van der Waals surface area contributed by atoms with Gasteiger partial charge in [0.1, 0.15) is 5.58 Å². The molecule has 13 aromatic rings. The van der Waals surface area contributed by atoms with Crippen LogP contribution < -0.4 is 36.0 Å². The van der Waals surface area contributed by atoms with Gasteiger partial charge in [-0.3, -0.25) is 0 Å². The zero-order valence-corrected chi connectivity index (χ0v) is 54.3. The van der Waals surface area contributed by atoms with Crippen LogP contribution in [0.1, 0.15) is 101 Å². The number of rotatable bonds is 8. The molecule has 0 unspecified atom stereocenters. The average Bonchev–Trinajstić information content (AvgIpc) is 1.41. The summed E-state index contributed by atoms with van der Waals surface area (Å²) in [5, 5.41) is 4.61. The highest BCUT2D eigenvalue weighted by molar-refractivity contribution is 7.26. The Kier molecular flexibility index (Phi) is 13.0. The number of fused-ring (bicyclic) bond motifs is 10. The summed E-state index contributed by atoms with van der Waals surface area (Å²) in [5.41, 5.74) is 27.3. The molecule has 0 spiro atoms. The fourth-order valence-corrected chi connectivity index (χ4v) is 15.1. The van der Waals surface area contributed by atoms with Crippen molar-refractivity contribution in [1.29, 1.82) is 0 Å². The first kappa shape index (κ1) is 56.2. The third-order valence-corrected chi connectivity index (χ3v) is 20.0. The van der Waals surface area contributed by atoms with Crippen LogP contribution in [0.15, 0.2) is 223 Å². The Bertz CT molecular complexity index is 4560. The molecule has 2 aliphatic rings. The molecule has 7 heteroatoms. The van der Waals surface area contributed by atoms with E-state index in [0.29, 0.717) is 0 Å². The Labute approximate surface area is 529 Å². The van der Waals surface area contributed by atoms with Gasteiger partial charge < -0.3 is 24.0 Å². The molecule has 438 valence electrons. The van der Waals surface area contributed by atoms with Crippen LogP contribution in [0, 0.1) is 27.7 Å². The Morgan fingerprint density at radius 3 is 1.25 bits per heavy atom. The lowest BCUT2D eigenvalue weighted by Gasteiger charge is -2.46. The number of benzene rings is 11. The number of nitrogens with zero attached hydrogens (tertiary/aromatic N) is 4. The zero-order chi connectivity index (χ0) is 61.6. The van der Waals surface area contributed by atoms with E-state index in [1.807, 2.05) is 11.3 Å². The van der Waals surface area contributed by atoms with E-state index in [4.69, 9.17) is 4.42 Å². The number of hydrogen-bond acceptors (Lipinski definition) is 6. The fraction of sp³-hybridized carbons (Fsp3) is 0.195. The van der Waals surface area contributed by atoms with Crippen molar-refractivity contribution in [3.05, 3.63) is 257 Å². The highest BCUT2D eigenvalue weighted by Crippen LogP contribution is 2.55. The summed E-state index contributed by atoms with van der Waals surface area (Å²) >= 11 is 1.90. The maximum atomic E-state index is 7.44. The van der Waals surface area contributed by atoms with Crippen molar-refractivity contribution in [2.24, 2.45) is 0 Å². The molecule has 0 amide bonds. The molecule has 0 aliphatic carbocycles. The van der Waals surface area contributed by atoms with Crippen molar-refractivity contribution in [2.75, 3.05) is 19.6 Å². The lowest BCUT2D eigenvalue weighted by atomic mass is 9.33. The van der Waals surface area contributed by atoms with Gasteiger partial charge in [0.2, 0.25) is 0 Å². The molecule has 2 aromatic heterocycles. The van der Waals surface area contributed by atoms with Crippen molar-refractivity contribution in [3.63, 3.8) is 0 Å². The molecule has 15 rings (SSSR count). The van der Waals surface area contributed by atoms with Crippen LogP contribution in [0.25, 0.3) is 42.1 Å². The summed E-state index contributed by atoms with van der Waals surface area (Å²) in [6.45, 7) is 29.8. The number of aryl methyl sites for hydroxylation is 4. The van der Waals surface area contributed by atoms with E-state index in [2.05, 4.69) is 328 Å². The van der Waals surface area contributed by atoms with Gasteiger partial charge in [-0.25, -0.2) is 0 Å². The van der Waals surface area contributed by atoms with Crippen LogP contribution in [-0.4, -0.2) is 6.71 Å². The summed E-state index contributed by atoms with van der Waals surface area (Å²) in [6.07, 6.45) is 0. The summed E-state index contributed by atoms with van der Waals surface area (Å²) < 4.78 is 9.93. The molecular formula is C82H75BN4OS. The van der Waals surface area contributed by atoms with Gasteiger partial charge in [-0.1, -0.05) is 194 Å². The quantitative estimate of drug-likeness (QED) is 0.141. The van der Waals surface area contributed by atoms with E-state index in [1.165, 1.54) is 86.9 Å². The monoisotopic (exact) mass is 1170 g/mol. The molecule has 5 nitrogen and oxygen atoms in total. The minimum absolute atomic E-state index is 0.115. The molecule has 89 heavy (non-hydrogen) atoms. The highest BCUT2D eigenvalue weighted by atomic mass is 32.1. The molecule has 0 N–H and O–H groups in total. The molecule has 4 heterocycles. The predicted molar refractivity (Wildman–Crippen MR) is 385 cm³/mol. The molecule has 11 aromatic carbocycles. The van der Waals surface area contributed by atoms with Gasteiger partial charge in [-0.15, -0.1) is 11.3 Å². The second-order valence-corrected chi connectivity index (χ2v) is 29.2. The third kappa shape index (κ3) is 9.34. The van der Waals surface area contributed by atoms with Gasteiger partial charge >= 0.3 is 0 Å². The summed E-state index contributed by atoms with van der Waals surface area (Å²) in [7, 11) is 0. The van der Waals surface area contributed by atoms with Crippen LogP contribution in [0.2, 0.25) is 0 Å². The van der Waals surface area contributed by atoms with Crippen molar-refractivity contribution in [1.82, 2.24) is 0 Å². The van der Waals surface area contributed by atoms with Crippen molar-refractivity contribution >= 4 is 145 Å². The minimum Gasteiger partial charge on any atom is -0.454 e. The topological polar surface area (TPSA) is 26.1 Å². The zero-order valence-electron chi connectivity index (χ0n) is 53.5. The van der Waals surface area contributed by atoms with E-state index in [-0.39, 0.29) is 23.0 Å². The smallest absolute Gasteiger partial charge is 0.252 e. The normalized spacial score (nSPS) is 13.2. The summed E-state index contributed by atoms with van der Waals surface area (Å²) in [6, 6.07) is 82.8. The Morgan fingerprint density at radius 1 is 0.371 bits per heavy atom. The van der Waals surface area contributed by atoms with E-state index in [9.17, 15) is 0 Å². The molecule has 0 saturated carbocycles. The summed E-state index contributed by atoms with van der Waals surface area (Å²) in [5.74, 6) is 0. The van der Waals surface area contributed by atoms with Crippen LogP contribution in [0.4, 0.5) is 68.2 Å². The maximum Gasteiger partial charge on any atom is 0.252 e. The average molecular weight is 1180 g/mol. The number of para-hydroxylation sites is 1. The fourth-order valence-electron chi connectivity index (χ4n) is 13.8. The van der Waals surface area contributed by atoms with Crippen LogP contribution in [0.3, 0.4) is 0 Å². The minimum atomic E-state index is -0.244. The number of thiophene rings is 1. The molecule has 0 fully saturated rings. The van der Waals surface area contributed by atoms with Gasteiger partial charge in [-0.2, -0.15) is 0 Å². The van der Waals surface area contributed by atoms with Crippen molar-refractivity contribution < 1.29 is 4.42 Å². The van der Waals surface area contributed by atoms with Crippen LogP contribution in [-0.2, 0) is 16.2 Å². The second-order valence-electron chi connectivity index (χ2n) is 28.2. The van der Waals surface area contributed by atoms with Crippen LogP contribution in [0.5, 0.6) is 0 Å². The lowest BCUT2D eigenvalue weighted by Crippen LogP contribution is -2.61. The summed E-state index contributed by atoms with van der Waals surface area (Å²) in [4.78, 5) is 10.1. The molecule has 0 bridgehead atoms. The molecule has 2 aliphatic heterocycles. The Hall–Kier alpha value is -9.30. The van der Waals surface area contributed by atoms with Gasteiger partial charge in [0, 0.05) is 66.4 Å². The molecular weight excluding hydrogens is 1100 g/mol. The number of anilines is 12. The number of furan rings is 1. The third-order valence-electron chi connectivity index (χ3n) is 18.8. The van der Waals surface area contributed by atoms with Crippen molar-refractivity contribution in [2.45, 2.75) is 106 Å². The molecule has 0 radical (unpaired) electrons. The van der Waals surface area contributed by atoms with E-state index in [0.717, 1.165) is 78.8 Å². The van der Waals surface area contributed by atoms with Gasteiger partial charge in [0.25, 0.3) is 6.71 Å². The van der Waals surface area contributed by atoms with E-state index >= 15 is 0 Å². The van der Waals surface area contributed by atoms with Crippen LogP contribution >= 0.6 is 11.3 Å². The van der Waals surface area contributed by atoms with E-state index < -0.39 is 0 Å². The van der Waals surface area contributed by atoms with E-state index in [1.54, 1.807) is 0 Å². The lowest BCUT2D eigenvalue weighted by molar-refractivity contribution is 0.590. The first-order valence-corrected chi connectivity index (χ1v) is 32.3. The number of hydrogen-bond donors (Lipinski definition) is 0. The first-order valence-electron chi connectivity index (χ1n) is 31.5. The highest BCUT2D eigenvalue weighted by Gasteiger charge is 2.46. The Morgan fingerprint density at radius 2 is 0.775 bits per heavy atom. The SMILES string of the molecule is Cc1ccc(N(c2ccc(C)cc2)c2ccc(N3c4ccc(C(C)(C)C)cc4B4c5cc(C(C)(C)C)ccc5N(c5ccc(N(c6ccc(C)cc6)c6ccc(C)cc6)c6c5sc5ccccc56)c5cc(C(C)(C)C)cc3c54)c3oc4ccccc4c23)cc1. The van der Waals surface area contributed by atoms with Gasteiger partial charge in [0.15, 0.2) is 5.58 Å². The Balaban J connectivity index is 1.05. The molecule has 0 saturated heterocycles. The van der Waals surface area contributed by atoms with Gasteiger partial charge in [-0.05, 0) is 186 Å². The largest absolute Gasteiger partial charge is 0.454 e. The maximum absolute atomic E-state index is 7.44. The predicted octanol–water partition coefficient (Wildman–Crippen LogP) is 22.1. The van der Waals surface area contributed by atoms with Gasteiger partial charge in [0.05, 0.1) is 32.8 Å². The standard InChI is InChI=1S/C82H75BN4OS/c1-50-22-32-57(33-23-50)84(58-34-24-51(2)25-35-58)67-42-44-69(78-75(67)61-18-14-16-20-73(61)88-78)86-65-40-30-54(80(5,6)7)46-63(65)83-64-47-55(81(8,9)10)31-41-66(64)87(72-49-56(82(11,12)13)48-71(86)77(72)83)70-45-43-68(76-62-19-15-17-21-74(62)89-79(70)76)85(59-36-26-52(3)27-37-59)60-38-28-53(4)29-39-60/h14-49H,1-13H3. The first-order chi connectivity index (χ1) is 42.7. The second kappa shape index (κ2) is 20.6. The molecule has 0 atom stereocenters. The van der Waals surface area contributed by atoms with Crippen molar-refractivity contribution in [3.8, 4) is 0 Å².